The Balaban J connectivity index is 2.42. The summed E-state index contributed by atoms with van der Waals surface area (Å²) in [5, 5.41) is 0.591. The first-order valence-corrected chi connectivity index (χ1v) is 8.61. The van der Waals surface area contributed by atoms with E-state index in [-0.39, 0.29) is 17.4 Å². The second-order valence-electron chi connectivity index (χ2n) is 4.18. The third kappa shape index (κ3) is 3.22. The molecular weight excluding hydrogens is 307 g/mol. The van der Waals surface area contributed by atoms with Gasteiger partial charge in [0.25, 0.3) is 0 Å². The summed E-state index contributed by atoms with van der Waals surface area (Å²) < 4.78 is 25.0. The molecule has 0 N–H and O–H groups in total. The van der Waals surface area contributed by atoms with Crippen LogP contribution in [0.2, 0.25) is 5.02 Å². The van der Waals surface area contributed by atoms with Crippen LogP contribution in [0, 0.1) is 0 Å². The zero-order valence-corrected chi connectivity index (χ0v) is 12.8. The maximum Gasteiger partial charge on any atom is 0.151 e. The van der Waals surface area contributed by atoms with Crippen LogP contribution in [0.5, 0.6) is 0 Å². The second-order valence-corrected chi connectivity index (χ2v) is 7.36. The van der Waals surface area contributed by atoms with Gasteiger partial charge in [-0.05, 0) is 18.2 Å². The third-order valence-electron chi connectivity index (χ3n) is 2.97. The summed E-state index contributed by atoms with van der Waals surface area (Å²) in [6.07, 6.45) is 0. The van der Waals surface area contributed by atoms with Crippen molar-refractivity contribution in [2.45, 2.75) is 19.3 Å². The quantitative estimate of drug-likeness (QED) is 0.796. The van der Waals surface area contributed by atoms with Crippen LogP contribution in [0.15, 0.2) is 18.2 Å². The standard InChI is InChI=1S/C12H14Cl2N2O2S/c1-2-19(17,18)6-5-16-11-7-9(14)3-4-10(11)15-12(16)8-13/h3-4,7H,2,5-6,8H2,1H3. The van der Waals surface area contributed by atoms with Crippen LogP contribution < -0.4 is 0 Å². The van der Waals surface area contributed by atoms with E-state index in [1.54, 1.807) is 25.1 Å². The normalized spacial score (nSPS) is 12.2. The van der Waals surface area contributed by atoms with E-state index in [1.165, 1.54) is 0 Å². The molecule has 1 heterocycles. The van der Waals surface area contributed by atoms with Gasteiger partial charge in [0.05, 0.1) is 22.7 Å². The minimum absolute atomic E-state index is 0.0748. The van der Waals surface area contributed by atoms with Gasteiger partial charge in [-0.1, -0.05) is 18.5 Å². The summed E-state index contributed by atoms with van der Waals surface area (Å²) in [7, 11) is -3.02. The lowest BCUT2D eigenvalue weighted by Gasteiger charge is -2.07. The molecule has 0 fully saturated rings. The summed E-state index contributed by atoms with van der Waals surface area (Å²) in [5.74, 6) is 1.10. The maximum absolute atomic E-state index is 11.6. The average Bonchev–Trinajstić information content (AvgIpc) is 2.73. The van der Waals surface area contributed by atoms with Crippen LogP contribution in [-0.4, -0.2) is 29.5 Å². The van der Waals surface area contributed by atoms with Gasteiger partial charge >= 0.3 is 0 Å². The van der Waals surface area contributed by atoms with Gasteiger partial charge in [0.1, 0.15) is 5.82 Å². The summed E-state index contributed by atoms with van der Waals surface area (Å²) in [5.41, 5.74) is 1.59. The van der Waals surface area contributed by atoms with Crippen molar-refractivity contribution in [1.82, 2.24) is 9.55 Å². The lowest BCUT2D eigenvalue weighted by atomic mass is 10.3. The SMILES string of the molecule is CCS(=O)(=O)CCn1c(CCl)nc2ccc(Cl)cc21. The predicted molar refractivity (Wildman–Crippen MR) is 78.6 cm³/mol. The number of sulfone groups is 1. The van der Waals surface area contributed by atoms with Crippen molar-refractivity contribution in [3.63, 3.8) is 0 Å². The fraction of sp³-hybridized carbons (Fsp3) is 0.417. The Morgan fingerprint density at radius 2 is 2.11 bits per heavy atom. The summed E-state index contributed by atoms with van der Waals surface area (Å²) in [6, 6.07) is 5.33. The Hall–Kier alpha value is -0.780. The molecule has 104 valence electrons. The molecule has 0 bridgehead atoms. The smallest absolute Gasteiger partial charge is 0.151 e. The van der Waals surface area contributed by atoms with E-state index in [1.807, 2.05) is 4.57 Å². The molecule has 2 rings (SSSR count). The summed E-state index contributed by atoms with van der Waals surface area (Å²) >= 11 is 11.8. The molecule has 0 aliphatic rings. The van der Waals surface area contributed by atoms with Crippen molar-refractivity contribution in [2.24, 2.45) is 0 Å². The molecule has 0 unspecified atom stereocenters. The van der Waals surface area contributed by atoms with Crippen LogP contribution in [0.1, 0.15) is 12.7 Å². The first kappa shape index (κ1) is 14.6. The minimum Gasteiger partial charge on any atom is -0.326 e. The second kappa shape index (κ2) is 5.69. The van der Waals surface area contributed by atoms with Gasteiger partial charge in [0, 0.05) is 17.3 Å². The van der Waals surface area contributed by atoms with E-state index in [2.05, 4.69) is 4.98 Å². The summed E-state index contributed by atoms with van der Waals surface area (Å²) in [4.78, 5) is 4.38. The number of halogens is 2. The van der Waals surface area contributed by atoms with Gasteiger partial charge in [-0.3, -0.25) is 0 Å². The number of aromatic nitrogens is 2. The highest BCUT2D eigenvalue weighted by Gasteiger charge is 2.13. The molecule has 0 radical (unpaired) electrons. The molecule has 1 aromatic carbocycles. The van der Waals surface area contributed by atoms with E-state index in [4.69, 9.17) is 23.2 Å². The number of rotatable bonds is 5. The molecule has 0 saturated carbocycles. The molecule has 0 saturated heterocycles. The highest BCUT2D eigenvalue weighted by molar-refractivity contribution is 7.91. The number of alkyl halides is 1. The Morgan fingerprint density at radius 1 is 1.37 bits per heavy atom. The largest absolute Gasteiger partial charge is 0.326 e. The Morgan fingerprint density at radius 3 is 2.74 bits per heavy atom. The zero-order valence-electron chi connectivity index (χ0n) is 10.4. The van der Waals surface area contributed by atoms with Gasteiger partial charge in [-0.15, -0.1) is 11.6 Å². The van der Waals surface area contributed by atoms with Crippen molar-refractivity contribution in [3.05, 3.63) is 29.0 Å². The van der Waals surface area contributed by atoms with Gasteiger partial charge in [-0.25, -0.2) is 13.4 Å². The molecule has 19 heavy (non-hydrogen) atoms. The zero-order chi connectivity index (χ0) is 14.0. The van der Waals surface area contributed by atoms with Crippen molar-refractivity contribution >= 4 is 44.1 Å². The fourth-order valence-corrected chi connectivity index (χ4v) is 2.99. The predicted octanol–water partition coefficient (Wildman–Crippen LogP) is 2.86. The lowest BCUT2D eigenvalue weighted by Crippen LogP contribution is -2.15. The minimum atomic E-state index is -3.02. The molecule has 0 atom stereocenters. The van der Waals surface area contributed by atoms with E-state index in [0.29, 0.717) is 17.4 Å². The molecule has 0 amide bonds. The Kier molecular flexibility index (Phi) is 4.38. The molecular formula is C12H14Cl2N2O2S. The van der Waals surface area contributed by atoms with Crippen LogP contribution >= 0.6 is 23.2 Å². The van der Waals surface area contributed by atoms with Gasteiger partial charge in [0.15, 0.2) is 9.84 Å². The van der Waals surface area contributed by atoms with Gasteiger partial charge < -0.3 is 4.57 Å². The third-order valence-corrected chi connectivity index (χ3v) is 5.13. The molecule has 7 heteroatoms. The molecule has 0 spiro atoms. The van der Waals surface area contributed by atoms with Crippen LogP contribution in [0.4, 0.5) is 0 Å². The number of fused-ring (bicyclic) bond motifs is 1. The molecule has 0 aliphatic heterocycles. The molecule has 0 aliphatic carbocycles. The number of imidazole rings is 1. The van der Waals surface area contributed by atoms with E-state index in [0.717, 1.165) is 11.0 Å². The van der Waals surface area contributed by atoms with Crippen LogP contribution in [-0.2, 0) is 22.3 Å². The van der Waals surface area contributed by atoms with Crippen molar-refractivity contribution in [1.29, 1.82) is 0 Å². The number of aryl methyl sites for hydroxylation is 1. The van der Waals surface area contributed by atoms with E-state index in [9.17, 15) is 8.42 Å². The number of benzene rings is 1. The van der Waals surface area contributed by atoms with Crippen LogP contribution in [0.25, 0.3) is 11.0 Å². The molecule has 4 nitrogen and oxygen atoms in total. The first-order chi connectivity index (χ1) is 8.96. The van der Waals surface area contributed by atoms with Crippen molar-refractivity contribution in [2.75, 3.05) is 11.5 Å². The highest BCUT2D eigenvalue weighted by atomic mass is 35.5. The monoisotopic (exact) mass is 320 g/mol. The first-order valence-electron chi connectivity index (χ1n) is 5.88. The topological polar surface area (TPSA) is 52.0 Å². The van der Waals surface area contributed by atoms with Gasteiger partial charge in [0.2, 0.25) is 0 Å². The lowest BCUT2D eigenvalue weighted by molar-refractivity contribution is 0.590. The summed E-state index contributed by atoms with van der Waals surface area (Å²) in [6.45, 7) is 1.98. The maximum atomic E-state index is 11.6. The number of hydrogen-bond acceptors (Lipinski definition) is 3. The molecule has 2 aromatic rings. The van der Waals surface area contributed by atoms with Gasteiger partial charge in [-0.2, -0.15) is 0 Å². The van der Waals surface area contributed by atoms with Crippen LogP contribution in [0.3, 0.4) is 0 Å². The number of hydrogen-bond donors (Lipinski definition) is 0. The number of nitrogens with zero attached hydrogens (tertiary/aromatic N) is 2. The molecule has 1 aromatic heterocycles. The van der Waals surface area contributed by atoms with E-state index >= 15 is 0 Å². The van der Waals surface area contributed by atoms with Crippen molar-refractivity contribution in [3.8, 4) is 0 Å². The fourth-order valence-electron chi connectivity index (χ4n) is 1.87. The average molecular weight is 321 g/mol. The Bertz CT molecular complexity index is 695. The van der Waals surface area contributed by atoms with Crippen molar-refractivity contribution < 1.29 is 8.42 Å². The van der Waals surface area contributed by atoms with E-state index < -0.39 is 9.84 Å². The Labute approximate surface area is 122 Å². The highest BCUT2D eigenvalue weighted by Crippen LogP contribution is 2.21.